The first-order valence-corrected chi connectivity index (χ1v) is 12.0. The molecule has 1 aliphatic heterocycles. The molecule has 37 heavy (non-hydrogen) atoms. The summed E-state index contributed by atoms with van der Waals surface area (Å²) in [7, 11) is 4.01. The fraction of sp³-hybridized carbons (Fsp3) is 0.250. The highest BCUT2D eigenvalue weighted by Gasteiger charge is 2.17. The average molecular weight is 502 g/mol. The number of nitrogens with one attached hydrogen (secondary N) is 2. The van der Waals surface area contributed by atoms with Crippen molar-refractivity contribution in [1.82, 2.24) is 14.9 Å². The van der Waals surface area contributed by atoms with Crippen molar-refractivity contribution in [3.8, 4) is 17.4 Å². The minimum absolute atomic E-state index is 0.299. The lowest BCUT2D eigenvalue weighted by molar-refractivity contribution is -0.111. The van der Waals surface area contributed by atoms with Crippen LogP contribution in [0.5, 0.6) is 17.4 Å². The second-order valence-electron chi connectivity index (χ2n) is 8.59. The molecule has 2 N–H and O–H groups in total. The van der Waals surface area contributed by atoms with E-state index in [1.165, 1.54) is 6.08 Å². The van der Waals surface area contributed by atoms with Crippen LogP contribution < -0.4 is 20.1 Å². The zero-order valence-electron chi connectivity index (χ0n) is 21.1. The van der Waals surface area contributed by atoms with Crippen LogP contribution in [-0.4, -0.2) is 61.2 Å². The van der Waals surface area contributed by atoms with Gasteiger partial charge in [-0.1, -0.05) is 24.8 Å². The monoisotopic (exact) mass is 501 g/mol. The quantitative estimate of drug-likeness (QED) is 0.359. The molecular formula is C28H31N5O4. The van der Waals surface area contributed by atoms with Crippen molar-refractivity contribution in [3.63, 3.8) is 0 Å². The van der Waals surface area contributed by atoms with Crippen LogP contribution in [0, 0.1) is 0 Å². The number of anilines is 3. The van der Waals surface area contributed by atoms with E-state index in [9.17, 15) is 4.79 Å². The van der Waals surface area contributed by atoms with Crippen molar-refractivity contribution in [2.75, 3.05) is 51.1 Å². The molecule has 1 aliphatic rings. The molecule has 0 atom stereocenters. The van der Waals surface area contributed by atoms with E-state index in [0.717, 1.165) is 35.5 Å². The van der Waals surface area contributed by atoms with Crippen molar-refractivity contribution in [3.05, 3.63) is 79.0 Å². The van der Waals surface area contributed by atoms with Crippen LogP contribution in [0.4, 0.5) is 17.3 Å². The second-order valence-corrected chi connectivity index (χ2v) is 8.59. The molecule has 0 fully saturated rings. The highest BCUT2D eigenvalue weighted by molar-refractivity contribution is 5.98. The molecule has 3 aromatic rings. The van der Waals surface area contributed by atoms with E-state index in [2.05, 4.69) is 32.1 Å². The summed E-state index contributed by atoms with van der Waals surface area (Å²) >= 11 is 0. The van der Waals surface area contributed by atoms with E-state index in [0.29, 0.717) is 43.1 Å². The SMILES string of the molecule is C=CC(=O)Nc1cccc(Oc2nc(Nc3cccc(OCCN(C)C)c3)ncc2C2=CCOCC2)c1. The minimum atomic E-state index is -0.299. The molecule has 0 bridgehead atoms. The molecule has 4 rings (SSSR count). The third-order valence-corrected chi connectivity index (χ3v) is 5.46. The standard InChI is InChI=1S/C28H31N5O4/c1-4-26(34)30-21-7-6-10-24(18-21)37-27-25(20-11-14-35-15-12-20)19-29-28(32-27)31-22-8-5-9-23(17-22)36-16-13-33(2)3/h4-11,17-19H,1,12-16H2,2-3H3,(H,30,34)(H,29,31,32). The maximum atomic E-state index is 11.7. The second kappa shape index (κ2) is 12.7. The van der Waals surface area contributed by atoms with E-state index in [-0.39, 0.29) is 5.91 Å². The summed E-state index contributed by atoms with van der Waals surface area (Å²) in [4.78, 5) is 23.0. The Morgan fingerprint density at radius 2 is 1.95 bits per heavy atom. The molecule has 0 spiro atoms. The molecule has 0 saturated carbocycles. The van der Waals surface area contributed by atoms with Gasteiger partial charge in [0, 0.05) is 36.2 Å². The lowest BCUT2D eigenvalue weighted by Gasteiger charge is -2.17. The Kier molecular flexibility index (Phi) is 8.85. The van der Waals surface area contributed by atoms with Crippen LogP contribution >= 0.6 is 0 Å². The third-order valence-electron chi connectivity index (χ3n) is 5.46. The number of rotatable bonds is 11. The normalized spacial score (nSPS) is 13.0. The fourth-order valence-electron chi connectivity index (χ4n) is 3.58. The van der Waals surface area contributed by atoms with Gasteiger partial charge >= 0.3 is 0 Å². The summed E-state index contributed by atoms with van der Waals surface area (Å²) in [5.74, 6) is 1.76. The molecule has 9 heteroatoms. The lowest BCUT2D eigenvalue weighted by atomic mass is 10.0. The van der Waals surface area contributed by atoms with Crippen molar-refractivity contribution in [1.29, 1.82) is 0 Å². The van der Waals surface area contributed by atoms with Gasteiger partial charge in [-0.2, -0.15) is 4.98 Å². The first-order valence-electron chi connectivity index (χ1n) is 12.0. The van der Waals surface area contributed by atoms with Gasteiger partial charge in [-0.25, -0.2) is 4.98 Å². The van der Waals surface area contributed by atoms with Gasteiger partial charge in [-0.3, -0.25) is 4.79 Å². The van der Waals surface area contributed by atoms with Gasteiger partial charge < -0.3 is 29.7 Å². The first kappa shape index (κ1) is 25.9. The Bertz CT molecular complexity index is 1270. The largest absolute Gasteiger partial charge is 0.492 e. The number of hydrogen-bond acceptors (Lipinski definition) is 8. The topological polar surface area (TPSA) is 97.8 Å². The molecule has 1 aromatic heterocycles. The minimum Gasteiger partial charge on any atom is -0.492 e. The van der Waals surface area contributed by atoms with Gasteiger partial charge in [0.2, 0.25) is 17.7 Å². The molecule has 9 nitrogen and oxygen atoms in total. The Hall–Kier alpha value is -4.21. The molecule has 192 valence electrons. The van der Waals surface area contributed by atoms with Gasteiger partial charge in [-0.05, 0) is 56.4 Å². The van der Waals surface area contributed by atoms with Gasteiger partial charge in [-0.15, -0.1) is 0 Å². The Balaban J connectivity index is 1.58. The van der Waals surface area contributed by atoms with Crippen LogP contribution in [0.2, 0.25) is 0 Å². The summed E-state index contributed by atoms with van der Waals surface area (Å²) in [5.41, 5.74) is 3.23. The van der Waals surface area contributed by atoms with Crippen LogP contribution in [0.25, 0.3) is 5.57 Å². The number of amides is 1. The average Bonchev–Trinajstić information content (AvgIpc) is 2.89. The number of nitrogens with zero attached hydrogens (tertiary/aromatic N) is 3. The molecule has 0 unspecified atom stereocenters. The summed E-state index contributed by atoms with van der Waals surface area (Å²) in [5, 5.41) is 5.98. The summed E-state index contributed by atoms with van der Waals surface area (Å²) in [6.45, 7) is 6.04. The number of likely N-dealkylation sites (N-methyl/N-ethyl adjacent to an activating group) is 1. The predicted octanol–water partition coefficient (Wildman–Crippen LogP) is 4.88. The number of carbonyl (C=O) groups is 1. The Labute approximate surface area is 216 Å². The third kappa shape index (κ3) is 7.63. The lowest BCUT2D eigenvalue weighted by Crippen LogP contribution is -2.19. The molecule has 2 heterocycles. The molecule has 0 saturated heterocycles. The predicted molar refractivity (Wildman–Crippen MR) is 145 cm³/mol. The number of ether oxygens (including phenoxy) is 3. The zero-order valence-corrected chi connectivity index (χ0v) is 21.1. The van der Waals surface area contributed by atoms with Crippen LogP contribution in [0.1, 0.15) is 12.0 Å². The summed E-state index contributed by atoms with van der Waals surface area (Å²) in [6.07, 6.45) is 5.71. The van der Waals surface area contributed by atoms with E-state index in [4.69, 9.17) is 14.2 Å². The van der Waals surface area contributed by atoms with Crippen LogP contribution in [-0.2, 0) is 9.53 Å². The van der Waals surface area contributed by atoms with Gasteiger partial charge in [0.1, 0.15) is 18.1 Å². The highest BCUT2D eigenvalue weighted by Crippen LogP contribution is 2.33. The van der Waals surface area contributed by atoms with Gasteiger partial charge in [0.25, 0.3) is 0 Å². The number of hydrogen-bond donors (Lipinski definition) is 2. The van der Waals surface area contributed by atoms with Crippen LogP contribution in [0.3, 0.4) is 0 Å². The van der Waals surface area contributed by atoms with Crippen molar-refractivity contribution >= 4 is 28.8 Å². The van der Waals surface area contributed by atoms with Crippen molar-refractivity contribution in [2.45, 2.75) is 6.42 Å². The molecule has 2 aromatic carbocycles. The highest BCUT2D eigenvalue weighted by atomic mass is 16.5. The Morgan fingerprint density at radius 3 is 2.70 bits per heavy atom. The van der Waals surface area contributed by atoms with E-state index >= 15 is 0 Å². The van der Waals surface area contributed by atoms with E-state index < -0.39 is 0 Å². The zero-order chi connectivity index (χ0) is 26.0. The number of carbonyl (C=O) groups excluding carboxylic acids is 1. The van der Waals surface area contributed by atoms with Crippen LogP contribution in [0.15, 0.2) is 73.5 Å². The van der Waals surface area contributed by atoms with E-state index in [1.54, 1.807) is 30.5 Å². The Morgan fingerprint density at radius 1 is 1.16 bits per heavy atom. The smallest absolute Gasteiger partial charge is 0.247 e. The number of benzene rings is 2. The molecule has 1 amide bonds. The molecule has 0 radical (unpaired) electrons. The van der Waals surface area contributed by atoms with Crippen molar-refractivity contribution in [2.24, 2.45) is 0 Å². The summed E-state index contributed by atoms with van der Waals surface area (Å²) in [6, 6.07) is 14.7. The van der Waals surface area contributed by atoms with E-state index in [1.807, 2.05) is 44.4 Å². The summed E-state index contributed by atoms with van der Waals surface area (Å²) < 4.78 is 17.5. The first-order chi connectivity index (χ1) is 18.0. The molecular weight excluding hydrogens is 470 g/mol. The number of aromatic nitrogens is 2. The molecule has 0 aliphatic carbocycles. The van der Waals surface area contributed by atoms with Gasteiger partial charge in [0.15, 0.2) is 0 Å². The van der Waals surface area contributed by atoms with Crippen molar-refractivity contribution < 1.29 is 19.0 Å². The van der Waals surface area contributed by atoms with Gasteiger partial charge in [0.05, 0.1) is 18.8 Å². The fourth-order valence-corrected chi connectivity index (χ4v) is 3.58. The maximum Gasteiger partial charge on any atom is 0.247 e. The maximum absolute atomic E-state index is 11.7.